The summed E-state index contributed by atoms with van der Waals surface area (Å²) in [4.78, 5) is 12.6. The Labute approximate surface area is 304 Å². The summed E-state index contributed by atoms with van der Waals surface area (Å²) in [5.74, 6) is -1.45. The fraction of sp³-hybridized carbons (Fsp3) is 0.927. The Hall–Kier alpha value is -0.960. The van der Waals surface area contributed by atoms with Crippen LogP contribution in [0.1, 0.15) is 219 Å². The van der Waals surface area contributed by atoms with Gasteiger partial charge in [0.05, 0.1) is 17.9 Å². The Bertz CT molecular complexity index is 849. The molecule has 8 heteroatoms. The second kappa shape index (κ2) is 35.4. The van der Waals surface area contributed by atoms with E-state index >= 15 is 0 Å². The molecule has 292 valence electrons. The summed E-state index contributed by atoms with van der Waals surface area (Å²) in [7, 11) is -4.40. The monoisotopic (exact) mass is 716 g/mol. The minimum absolute atomic E-state index is 0.293. The molecule has 0 rings (SSSR count). The van der Waals surface area contributed by atoms with Crippen LogP contribution in [0.3, 0.4) is 0 Å². The Morgan fingerprint density at radius 3 is 1.22 bits per heavy atom. The molecule has 0 saturated carbocycles. The van der Waals surface area contributed by atoms with Crippen LogP contribution in [-0.2, 0) is 14.9 Å². The lowest BCUT2D eigenvalue weighted by molar-refractivity contribution is -0.131. The van der Waals surface area contributed by atoms with E-state index in [2.05, 4.69) is 31.3 Å². The third kappa shape index (κ3) is 35.2. The SMILES string of the molecule is CCCCCCCCCCC/C=C\CCCCCCCCC(O)C(=O)NC(CS(=O)(=O)O)C(O)CCCCCCCCCCCCCCC. The minimum Gasteiger partial charge on any atom is -0.391 e. The molecule has 0 aromatic heterocycles. The van der Waals surface area contributed by atoms with E-state index in [1.165, 1.54) is 135 Å². The first-order valence-electron chi connectivity index (χ1n) is 21.0. The van der Waals surface area contributed by atoms with Gasteiger partial charge < -0.3 is 15.5 Å². The summed E-state index contributed by atoms with van der Waals surface area (Å²) in [5, 5.41) is 23.5. The minimum atomic E-state index is -4.40. The van der Waals surface area contributed by atoms with E-state index < -0.39 is 40.0 Å². The quantitative estimate of drug-likeness (QED) is 0.0286. The third-order valence-corrected chi connectivity index (χ3v) is 10.6. The molecule has 7 nitrogen and oxygen atoms in total. The van der Waals surface area contributed by atoms with E-state index in [1.54, 1.807) is 0 Å². The van der Waals surface area contributed by atoms with Gasteiger partial charge in [-0.15, -0.1) is 0 Å². The predicted octanol–water partition coefficient (Wildman–Crippen LogP) is 11.2. The lowest BCUT2D eigenvalue weighted by atomic mass is 10.0. The summed E-state index contributed by atoms with van der Waals surface area (Å²) < 4.78 is 32.5. The van der Waals surface area contributed by atoms with Gasteiger partial charge in [0, 0.05) is 0 Å². The van der Waals surface area contributed by atoms with Gasteiger partial charge in [0.1, 0.15) is 6.10 Å². The van der Waals surface area contributed by atoms with Crippen LogP contribution in [0.15, 0.2) is 12.2 Å². The van der Waals surface area contributed by atoms with Crippen LogP contribution in [-0.4, -0.2) is 53.1 Å². The number of hydrogen-bond donors (Lipinski definition) is 4. The molecular formula is C41H81NO6S. The van der Waals surface area contributed by atoms with Gasteiger partial charge in [0.2, 0.25) is 5.91 Å². The molecule has 0 aromatic rings. The molecule has 3 unspecified atom stereocenters. The zero-order valence-corrected chi connectivity index (χ0v) is 33.0. The summed E-state index contributed by atoms with van der Waals surface area (Å²) >= 11 is 0. The number of carbonyl (C=O) groups excluding carboxylic acids is 1. The van der Waals surface area contributed by atoms with Gasteiger partial charge in [-0.25, -0.2) is 0 Å². The van der Waals surface area contributed by atoms with Crippen LogP contribution >= 0.6 is 0 Å². The predicted molar refractivity (Wildman–Crippen MR) is 209 cm³/mol. The Balaban J connectivity index is 3.95. The molecule has 0 bridgehead atoms. The molecule has 3 atom stereocenters. The molecule has 0 heterocycles. The summed E-state index contributed by atoms with van der Waals surface area (Å²) in [6, 6.07) is -1.14. The molecule has 4 N–H and O–H groups in total. The van der Waals surface area contributed by atoms with Gasteiger partial charge in [-0.2, -0.15) is 8.42 Å². The van der Waals surface area contributed by atoms with E-state index in [9.17, 15) is 28.0 Å². The number of aliphatic hydroxyl groups excluding tert-OH is 2. The highest BCUT2D eigenvalue weighted by atomic mass is 32.2. The molecule has 0 spiro atoms. The zero-order valence-electron chi connectivity index (χ0n) is 32.2. The number of rotatable bonds is 38. The maximum atomic E-state index is 12.6. The van der Waals surface area contributed by atoms with Crippen molar-refractivity contribution in [1.82, 2.24) is 5.32 Å². The van der Waals surface area contributed by atoms with Crippen molar-refractivity contribution in [2.24, 2.45) is 0 Å². The molecule has 0 radical (unpaired) electrons. The Morgan fingerprint density at radius 2 is 0.857 bits per heavy atom. The molecule has 0 aliphatic carbocycles. The first-order chi connectivity index (χ1) is 23.7. The van der Waals surface area contributed by atoms with E-state index in [0.717, 1.165) is 44.9 Å². The summed E-state index contributed by atoms with van der Waals surface area (Å²) in [6.45, 7) is 4.51. The topological polar surface area (TPSA) is 124 Å². The molecular weight excluding hydrogens is 635 g/mol. The molecule has 0 saturated heterocycles. The van der Waals surface area contributed by atoms with Gasteiger partial charge in [0.15, 0.2) is 0 Å². The van der Waals surface area contributed by atoms with Gasteiger partial charge in [-0.3, -0.25) is 9.35 Å². The third-order valence-electron chi connectivity index (χ3n) is 9.83. The molecule has 0 aromatic carbocycles. The van der Waals surface area contributed by atoms with Gasteiger partial charge in [0.25, 0.3) is 10.1 Å². The average Bonchev–Trinajstić information content (AvgIpc) is 3.06. The van der Waals surface area contributed by atoms with E-state index in [4.69, 9.17) is 0 Å². The normalized spacial score (nSPS) is 14.0. The van der Waals surface area contributed by atoms with Crippen LogP contribution in [0.5, 0.6) is 0 Å². The first-order valence-corrected chi connectivity index (χ1v) is 22.6. The number of nitrogens with one attached hydrogen (secondary N) is 1. The number of allylic oxidation sites excluding steroid dienone is 2. The number of carbonyl (C=O) groups is 1. The van der Waals surface area contributed by atoms with Gasteiger partial charge in [-0.05, 0) is 38.5 Å². The second-order valence-corrected chi connectivity index (χ2v) is 16.3. The number of amides is 1. The number of aliphatic hydroxyl groups is 2. The standard InChI is InChI=1S/C41H81NO6S/c1-3-5-7-9-11-13-15-17-18-19-20-21-22-24-26-28-30-32-34-36-40(44)41(45)42-38(37-49(46,47)48)39(43)35-33-31-29-27-25-23-16-14-12-10-8-6-4-2/h20-21,38-40,43-44H,3-19,22-37H2,1-2H3,(H,42,45)(H,46,47,48)/b21-20-. The van der Waals surface area contributed by atoms with Crippen LogP contribution in [0, 0.1) is 0 Å². The van der Waals surface area contributed by atoms with Crippen molar-refractivity contribution in [3.8, 4) is 0 Å². The first kappa shape index (κ1) is 48.0. The van der Waals surface area contributed by atoms with Gasteiger partial charge in [-0.1, -0.05) is 193 Å². The van der Waals surface area contributed by atoms with Crippen molar-refractivity contribution in [1.29, 1.82) is 0 Å². The Kier molecular flexibility index (Phi) is 34.7. The van der Waals surface area contributed by atoms with Crippen LogP contribution in [0.25, 0.3) is 0 Å². The second-order valence-electron chi connectivity index (χ2n) is 14.8. The lowest BCUT2D eigenvalue weighted by Gasteiger charge is -2.24. The van der Waals surface area contributed by atoms with Crippen LogP contribution in [0.2, 0.25) is 0 Å². The molecule has 49 heavy (non-hydrogen) atoms. The average molecular weight is 716 g/mol. The molecule has 0 fully saturated rings. The Morgan fingerprint density at radius 1 is 0.531 bits per heavy atom. The highest BCUT2D eigenvalue weighted by molar-refractivity contribution is 7.85. The van der Waals surface area contributed by atoms with Crippen LogP contribution < -0.4 is 5.32 Å². The van der Waals surface area contributed by atoms with Crippen molar-refractivity contribution in [2.75, 3.05) is 5.75 Å². The molecule has 0 aliphatic heterocycles. The van der Waals surface area contributed by atoms with Crippen molar-refractivity contribution in [3.05, 3.63) is 12.2 Å². The maximum Gasteiger partial charge on any atom is 0.266 e. The van der Waals surface area contributed by atoms with Crippen molar-refractivity contribution >= 4 is 16.0 Å². The molecule has 1 amide bonds. The maximum absolute atomic E-state index is 12.6. The number of unbranched alkanes of at least 4 members (excludes halogenated alkanes) is 27. The fourth-order valence-corrected chi connectivity index (χ4v) is 7.33. The zero-order chi connectivity index (χ0) is 36.3. The summed E-state index contributed by atoms with van der Waals surface area (Å²) in [6.07, 6.45) is 39.4. The number of hydrogen-bond acceptors (Lipinski definition) is 5. The smallest absolute Gasteiger partial charge is 0.266 e. The van der Waals surface area contributed by atoms with E-state index in [-0.39, 0.29) is 0 Å². The van der Waals surface area contributed by atoms with E-state index in [1.807, 2.05) is 0 Å². The summed E-state index contributed by atoms with van der Waals surface area (Å²) in [5.41, 5.74) is 0. The lowest BCUT2D eigenvalue weighted by Crippen LogP contribution is -2.50. The largest absolute Gasteiger partial charge is 0.391 e. The van der Waals surface area contributed by atoms with Crippen molar-refractivity contribution in [3.63, 3.8) is 0 Å². The van der Waals surface area contributed by atoms with E-state index in [0.29, 0.717) is 25.7 Å². The fourth-order valence-electron chi connectivity index (χ4n) is 6.57. The molecule has 0 aliphatic rings. The van der Waals surface area contributed by atoms with Crippen molar-refractivity contribution in [2.45, 2.75) is 238 Å². The highest BCUT2D eigenvalue weighted by Gasteiger charge is 2.28. The highest BCUT2D eigenvalue weighted by Crippen LogP contribution is 2.16. The van der Waals surface area contributed by atoms with Crippen LogP contribution in [0.4, 0.5) is 0 Å². The van der Waals surface area contributed by atoms with Gasteiger partial charge >= 0.3 is 0 Å². The van der Waals surface area contributed by atoms with Crippen molar-refractivity contribution < 1.29 is 28.0 Å².